The van der Waals surface area contributed by atoms with Crippen molar-refractivity contribution in [2.24, 2.45) is 7.05 Å². The second kappa shape index (κ2) is 5.78. The van der Waals surface area contributed by atoms with Crippen LogP contribution in [0.5, 0.6) is 0 Å². The van der Waals surface area contributed by atoms with Gasteiger partial charge < -0.3 is 5.32 Å². The van der Waals surface area contributed by atoms with E-state index in [1.807, 2.05) is 0 Å². The summed E-state index contributed by atoms with van der Waals surface area (Å²) < 4.78 is 24.8. The number of aryl methyl sites for hydroxylation is 2. The molecule has 2 aromatic rings. The van der Waals surface area contributed by atoms with Gasteiger partial charge in [0, 0.05) is 28.4 Å². The van der Waals surface area contributed by atoms with E-state index >= 15 is 0 Å². The summed E-state index contributed by atoms with van der Waals surface area (Å²) in [6.07, 6.45) is 3.02. The first kappa shape index (κ1) is 16.0. The van der Waals surface area contributed by atoms with Crippen molar-refractivity contribution in [1.82, 2.24) is 9.78 Å². The average molecular weight is 393 g/mol. The molecule has 21 heavy (non-hydrogen) atoms. The van der Waals surface area contributed by atoms with E-state index in [2.05, 4.69) is 26.3 Å². The molecule has 0 aliphatic carbocycles. The minimum absolute atomic E-state index is 0.00424. The van der Waals surface area contributed by atoms with Crippen LogP contribution in [0.2, 0.25) is 0 Å². The number of anilines is 1. The Bertz CT molecular complexity index is 817. The van der Waals surface area contributed by atoms with Crippen LogP contribution in [0.4, 0.5) is 5.69 Å². The SMILES string of the molecule is Cc1cc(NC(=O)c2cnn(C)c2)c(Br)cc1S(=O)(=O)Cl. The van der Waals surface area contributed by atoms with Gasteiger partial charge in [0.2, 0.25) is 0 Å². The molecular formula is C12H11BrClN3O3S. The summed E-state index contributed by atoms with van der Waals surface area (Å²) >= 11 is 3.22. The zero-order valence-corrected chi connectivity index (χ0v) is 14.3. The molecule has 0 spiro atoms. The lowest BCUT2D eigenvalue weighted by Gasteiger charge is -2.10. The summed E-state index contributed by atoms with van der Waals surface area (Å²) in [5.74, 6) is -0.343. The highest BCUT2D eigenvalue weighted by Crippen LogP contribution is 2.30. The minimum Gasteiger partial charge on any atom is -0.321 e. The summed E-state index contributed by atoms with van der Waals surface area (Å²) in [6, 6.07) is 2.89. The van der Waals surface area contributed by atoms with Crippen molar-refractivity contribution in [1.29, 1.82) is 0 Å². The smallest absolute Gasteiger partial charge is 0.261 e. The molecule has 2 rings (SSSR count). The van der Waals surface area contributed by atoms with Crippen LogP contribution in [0.25, 0.3) is 0 Å². The van der Waals surface area contributed by atoms with E-state index in [1.54, 1.807) is 20.2 Å². The summed E-state index contributed by atoms with van der Waals surface area (Å²) in [5.41, 5.74) is 1.29. The van der Waals surface area contributed by atoms with Crippen LogP contribution in [0, 0.1) is 6.92 Å². The van der Waals surface area contributed by atoms with Crippen LogP contribution < -0.4 is 5.32 Å². The quantitative estimate of drug-likeness (QED) is 0.814. The Kier molecular flexibility index (Phi) is 4.40. The molecule has 0 aliphatic heterocycles. The van der Waals surface area contributed by atoms with Crippen LogP contribution in [0.15, 0.2) is 33.9 Å². The number of carbonyl (C=O) groups is 1. The summed E-state index contributed by atoms with van der Waals surface area (Å²) in [7, 11) is 3.22. The zero-order valence-electron chi connectivity index (χ0n) is 11.1. The van der Waals surface area contributed by atoms with Crippen molar-refractivity contribution in [3.8, 4) is 0 Å². The molecule has 0 atom stereocenters. The zero-order chi connectivity index (χ0) is 15.8. The van der Waals surface area contributed by atoms with Crippen LogP contribution in [-0.2, 0) is 16.1 Å². The first-order chi connectivity index (χ1) is 9.68. The van der Waals surface area contributed by atoms with Crippen LogP contribution >= 0.6 is 26.6 Å². The van der Waals surface area contributed by atoms with E-state index in [4.69, 9.17) is 10.7 Å². The standard InChI is InChI=1S/C12H11BrClN3O3S/c1-7-3-10(9(13)4-11(7)21(14,19)20)16-12(18)8-5-15-17(2)6-8/h3-6H,1-2H3,(H,16,18). The Labute approximate surface area is 134 Å². The van der Waals surface area contributed by atoms with Crippen molar-refractivity contribution in [3.05, 3.63) is 40.1 Å². The fourth-order valence-corrected chi connectivity index (χ4v) is 3.55. The maximum Gasteiger partial charge on any atom is 0.261 e. The number of amides is 1. The first-order valence-electron chi connectivity index (χ1n) is 5.73. The van der Waals surface area contributed by atoms with Crippen LogP contribution in [-0.4, -0.2) is 24.1 Å². The third-order valence-corrected chi connectivity index (χ3v) is 4.86. The van der Waals surface area contributed by atoms with Crippen LogP contribution in [0.3, 0.4) is 0 Å². The number of hydrogen-bond donors (Lipinski definition) is 1. The van der Waals surface area contributed by atoms with Gasteiger partial charge in [-0.05, 0) is 40.5 Å². The van der Waals surface area contributed by atoms with E-state index in [-0.39, 0.29) is 10.8 Å². The Morgan fingerprint density at radius 1 is 1.43 bits per heavy atom. The Morgan fingerprint density at radius 3 is 2.62 bits per heavy atom. The molecule has 0 saturated heterocycles. The number of aromatic nitrogens is 2. The molecule has 0 aliphatic rings. The lowest BCUT2D eigenvalue weighted by Crippen LogP contribution is -2.12. The molecule has 0 saturated carbocycles. The first-order valence-corrected chi connectivity index (χ1v) is 8.83. The van der Waals surface area contributed by atoms with Gasteiger partial charge in [-0.25, -0.2) is 8.42 Å². The van der Waals surface area contributed by atoms with Gasteiger partial charge in [0.15, 0.2) is 0 Å². The minimum atomic E-state index is -3.83. The largest absolute Gasteiger partial charge is 0.321 e. The third-order valence-electron chi connectivity index (χ3n) is 2.74. The van der Waals surface area contributed by atoms with Gasteiger partial charge in [0.1, 0.15) is 0 Å². The van der Waals surface area contributed by atoms with E-state index in [9.17, 15) is 13.2 Å². The highest BCUT2D eigenvalue weighted by atomic mass is 79.9. The topological polar surface area (TPSA) is 81.1 Å². The molecule has 1 amide bonds. The van der Waals surface area contributed by atoms with Crippen molar-refractivity contribution < 1.29 is 13.2 Å². The maximum atomic E-state index is 12.0. The molecule has 6 nitrogen and oxygen atoms in total. The van der Waals surface area contributed by atoms with E-state index in [0.29, 0.717) is 21.3 Å². The highest BCUT2D eigenvalue weighted by molar-refractivity contribution is 9.10. The predicted molar refractivity (Wildman–Crippen MR) is 83.1 cm³/mol. The Balaban J connectivity index is 2.34. The van der Waals surface area contributed by atoms with E-state index in [0.717, 1.165) is 0 Å². The molecule has 1 aromatic heterocycles. The summed E-state index contributed by atoms with van der Waals surface area (Å²) in [6.45, 7) is 1.60. The van der Waals surface area contributed by atoms with E-state index < -0.39 is 9.05 Å². The van der Waals surface area contributed by atoms with E-state index in [1.165, 1.54) is 23.0 Å². The summed E-state index contributed by atoms with van der Waals surface area (Å²) in [5, 5.41) is 6.60. The predicted octanol–water partition coefficient (Wildman–Crippen LogP) is 2.67. The molecular weight excluding hydrogens is 382 g/mol. The second-order valence-corrected chi connectivity index (χ2v) is 7.78. The molecule has 0 bridgehead atoms. The van der Waals surface area contributed by atoms with Crippen molar-refractivity contribution in [2.45, 2.75) is 11.8 Å². The van der Waals surface area contributed by atoms with Gasteiger partial charge >= 0.3 is 0 Å². The number of nitrogens with one attached hydrogen (secondary N) is 1. The van der Waals surface area contributed by atoms with Crippen molar-refractivity contribution in [3.63, 3.8) is 0 Å². The molecule has 112 valence electrons. The molecule has 0 radical (unpaired) electrons. The highest BCUT2D eigenvalue weighted by Gasteiger charge is 2.17. The summed E-state index contributed by atoms with van der Waals surface area (Å²) in [4.78, 5) is 12.0. The second-order valence-electron chi connectivity index (χ2n) is 4.39. The van der Waals surface area contributed by atoms with Gasteiger partial charge in [-0.1, -0.05) is 0 Å². The van der Waals surface area contributed by atoms with Gasteiger partial charge in [-0.2, -0.15) is 5.10 Å². The lowest BCUT2D eigenvalue weighted by molar-refractivity contribution is 0.102. The van der Waals surface area contributed by atoms with Gasteiger partial charge in [-0.15, -0.1) is 0 Å². The van der Waals surface area contributed by atoms with Gasteiger partial charge in [0.05, 0.1) is 22.3 Å². The molecule has 9 heteroatoms. The third kappa shape index (κ3) is 3.63. The average Bonchev–Trinajstić information content (AvgIpc) is 2.78. The number of carbonyl (C=O) groups excluding carboxylic acids is 1. The maximum absolute atomic E-state index is 12.0. The molecule has 1 heterocycles. The van der Waals surface area contributed by atoms with Crippen molar-refractivity contribution in [2.75, 3.05) is 5.32 Å². The monoisotopic (exact) mass is 391 g/mol. The number of halogens is 2. The molecule has 1 aromatic carbocycles. The number of rotatable bonds is 3. The van der Waals surface area contributed by atoms with Gasteiger partial charge in [0.25, 0.3) is 15.0 Å². The number of hydrogen-bond acceptors (Lipinski definition) is 4. The lowest BCUT2D eigenvalue weighted by atomic mass is 10.2. The Hall–Kier alpha value is -1.38. The number of nitrogens with zero attached hydrogens (tertiary/aromatic N) is 2. The normalized spacial score (nSPS) is 11.4. The number of benzene rings is 1. The molecule has 1 N–H and O–H groups in total. The van der Waals surface area contributed by atoms with Gasteiger partial charge in [-0.3, -0.25) is 9.48 Å². The molecule has 0 fully saturated rings. The fourth-order valence-electron chi connectivity index (χ4n) is 1.75. The Morgan fingerprint density at radius 2 is 2.10 bits per heavy atom. The molecule has 0 unspecified atom stereocenters. The van der Waals surface area contributed by atoms with Crippen molar-refractivity contribution >= 4 is 47.3 Å². The van der Waals surface area contributed by atoms with Crippen LogP contribution in [0.1, 0.15) is 15.9 Å². The fraction of sp³-hybridized carbons (Fsp3) is 0.167.